The third kappa shape index (κ3) is 3.17. The smallest absolute Gasteiger partial charge is 0.327 e. The maximum atomic E-state index is 12.1. The van der Waals surface area contributed by atoms with Crippen LogP contribution in [-0.4, -0.2) is 51.1 Å². The van der Waals surface area contributed by atoms with Crippen LogP contribution in [0.4, 0.5) is 10.5 Å². The Hall–Kier alpha value is -1.76. The van der Waals surface area contributed by atoms with Crippen LogP contribution < -0.4 is 5.32 Å². The average Bonchev–Trinajstić information content (AvgIpc) is 2.41. The van der Waals surface area contributed by atoms with Gasteiger partial charge < -0.3 is 15.3 Å². The summed E-state index contributed by atoms with van der Waals surface area (Å²) in [6.45, 7) is 2.30. The number of hydrogen-bond acceptors (Lipinski definition) is 4. The Kier molecular flexibility index (Phi) is 4.26. The van der Waals surface area contributed by atoms with Crippen LogP contribution in [-0.2, 0) is 4.79 Å². The number of amides is 2. The van der Waals surface area contributed by atoms with Gasteiger partial charge in [-0.15, -0.1) is 0 Å². The minimum Gasteiger partial charge on any atom is -0.480 e. The number of nitrogens with one attached hydrogen (secondary N) is 1. The molecule has 2 N–H and O–H groups in total. The zero-order chi connectivity index (χ0) is 13.8. The summed E-state index contributed by atoms with van der Waals surface area (Å²) in [5.74, 6) is 0.211. The Morgan fingerprint density at radius 2 is 2.37 bits per heavy atom. The molecule has 1 fully saturated rings. The van der Waals surface area contributed by atoms with Crippen molar-refractivity contribution in [2.24, 2.45) is 0 Å². The number of carbonyl (C=O) groups excluding carboxylic acids is 1. The summed E-state index contributed by atoms with van der Waals surface area (Å²) in [5.41, 5.74) is 1.50. The number of pyridine rings is 1. The molecular weight excluding hydrogens is 266 g/mol. The molecule has 1 unspecified atom stereocenters. The molecule has 0 radical (unpaired) electrons. The van der Waals surface area contributed by atoms with Gasteiger partial charge in [0.2, 0.25) is 0 Å². The van der Waals surface area contributed by atoms with E-state index in [9.17, 15) is 9.59 Å². The standard InChI is InChI=1S/C12H15N3O3S/c1-8-2-3-13-6-9(8)14-12(18)15-4-5-19-7-10(15)11(16)17/h2-3,6,10H,4-5,7H2,1H3,(H,14,18)(H,16,17). The van der Waals surface area contributed by atoms with E-state index in [0.29, 0.717) is 18.0 Å². The Labute approximate surface area is 115 Å². The van der Waals surface area contributed by atoms with Gasteiger partial charge >= 0.3 is 12.0 Å². The van der Waals surface area contributed by atoms with Gasteiger partial charge in [-0.05, 0) is 18.6 Å². The van der Waals surface area contributed by atoms with Crippen LogP contribution in [0.1, 0.15) is 5.56 Å². The first kappa shape index (κ1) is 13.7. The summed E-state index contributed by atoms with van der Waals surface area (Å²) in [4.78, 5) is 28.6. The van der Waals surface area contributed by atoms with Crippen molar-refractivity contribution >= 4 is 29.4 Å². The molecule has 1 atom stereocenters. The van der Waals surface area contributed by atoms with E-state index < -0.39 is 12.0 Å². The highest BCUT2D eigenvalue weighted by molar-refractivity contribution is 7.99. The Bertz CT molecular complexity index is 495. The zero-order valence-electron chi connectivity index (χ0n) is 10.5. The van der Waals surface area contributed by atoms with E-state index in [0.717, 1.165) is 11.3 Å². The Balaban J connectivity index is 2.10. The van der Waals surface area contributed by atoms with Crippen molar-refractivity contribution in [1.82, 2.24) is 9.88 Å². The Morgan fingerprint density at radius 3 is 3.05 bits per heavy atom. The molecule has 2 rings (SSSR count). The highest BCUT2D eigenvalue weighted by Crippen LogP contribution is 2.19. The summed E-state index contributed by atoms with van der Waals surface area (Å²) < 4.78 is 0. The maximum Gasteiger partial charge on any atom is 0.327 e. The highest BCUT2D eigenvalue weighted by atomic mass is 32.2. The van der Waals surface area contributed by atoms with Gasteiger partial charge in [-0.25, -0.2) is 9.59 Å². The highest BCUT2D eigenvalue weighted by Gasteiger charge is 2.32. The molecule has 0 aliphatic carbocycles. The number of hydrogen-bond donors (Lipinski definition) is 2. The summed E-state index contributed by atoms with van der Waals surface area (Å²) in [7, 11) is 0. The molecule has 0 spiro atoms. The third-order valence-electron chi connectivity index (χ3n) is 2.96. The molecule has 0 bridgehead atoms. The number of carboxylic acids is 1. The van der Waals surface area contributed by atoms with Crippen LogP contribution in [0.25, 0.3) is 0 Å². The van der Waals surface area contributed by atoms with E-state index in [1.54, 1.807) is 30.2 Å². The fraction of sp³-hybridized carbons (Fsp3) is 0.417. The van der Waals surface area contributed by atoms with Crippen LogP contribution >= 0.6 is 11.8 Å². The number of aromatic nitrogens is 1. The quantitative estimate of drug-likeness (QED) is 0.856. The Morgan fingerprint density at radius 1 is 1.58 bits per heavy atom. The number of carboxylic acid groups (broad SMARTS) is 1. The lowest BCUT2D eigenvalue weighted by Gasteiger charge is -2.32. The molecule has 1 saturated heterocycles. The van der Waals surface area contributed by atoms with Gasteiger partial charge in [-0.1, -0.05) is 0 Å². The normalized spacial score (nSPS) is 19.0. The van der Waals surface area contributed by atoms with Gasteiger partial charge in [0.25, 0.3) is 0 Å². The summed E-state index contributed by atoms with van der Waals surface area (Å²) in [6.07, 6.45) is 3.20. The average molecular weight is 281 g/mol. The number of aliphatic carboxylic acids is 1. The molecule has 2 amide bonds. The molecule has 1 aliphatic rings. The fourth-order valence-corrected chi connectivity index (χ4v) is 2.87. The van der Waals surface area contributed by atoms with Gasteiger partial charge in [0, 0.05) is 24.2 Å². The number of nitrogens with zero attached hydrogens (tertiary/aromatic N) is 2. The summed E-state index contributed by atoms with van der Waals surface area (Å²) in [5, 5.41) is 11.8. The third-order valence-corrected chi connectivity index (χ3v) is 3.98. The monoisotopic (exact) mass is 281 g/mol. The minimum atomic E-state index is -0.967. The van der Waals surface area contributed by atoms with Crippen LogP contribution in [0, 0.1) is 6.92 Å². The van der Waals surface area contributed by atoms with Crippen LogP contribution in [0.5, 0.6) is 0 Å². The maximum absolute atomic E-state index is 12.1. The first-order valence-corrected chi connectivity index (χ1v) is 7.04. The van der Waals surface area contributed by atoms with Gasteiger partial charge in [0.1, 0.15) is 6.04 Å². The second-order valence-electron chi connectivity index (χ2n) is 4.24. The summed E-state index contributed by atoms with van der Waals surface area (Å²) in [6, 6.07) is 0.635. The topological polar surface area (TPSA) is 82.5 Å². The molecule has 102 valence electrons. The van der Waals surface area contributed by atoms with Crippen molar-refractivity contribution in [2.45, 2.75) is 13.0 Å². The van der Waals surface area contributed by atoms with Crippen molar-refractivity contribution in [3.8, 4) is 0 Å². The molecule has 0 aromatic carbocycles. The number of anilines is 1. The SMILES string of the molecule is Cc1ccncc1NC(=O)N1CCSCC1C(=O)O. The van der Waals surface area contributed by atoms with Gasteiger partial charge in [0.15, 0.2) is 0 Å². The molecule has 1 aromatic rings. The second kappa shape index (κ2) is 5.92. The van der Waals surface area contributed by atoms with Gasteiger partial charge in [-0.3, -0.25) is 4.98 Å². The van der Waals surface area contributed by atoms with E-state index in [1.807, 2.05) is 6.92 Å². The van der Waals surface area contributed by atoms with E-state index >= 15 is 0 Å². The minimum absolute atomic E-state index is 0.385. The first-order valence-electron chi connectivity index (χ1n) is 5.88. The molecule has 6 nitrogen and oxygen atoms in total. The molecule has 0 saturated carbocycles. The molecule has 2 heterocycles. The molecule has 1 aromatic heterocycles. The van der Waals surface area contributed by atoms with Crippen LogP contribution in [0.2, 0.25) is 0 Å². The van der Waals surface area contributed by atoms with Gasteiger partial charge in [0.05, 0.1) is 11.9 Å². The van der Waals surface area contributed by atoms with Crippen LogP contribution in [0.3, 0.4) is 0 Å². The molecular formula is C12H15N3O3S. The first-order chi connectivity index (χ1) is 9.09. The summed E-state index contributed by atoms with van der Waals surface area (Å²) >= 11 is 1.55. The molecule has 19 heavy (non-hydrogen) atoms. The lowest BCUT2D eigenvalue weighted by atomic mass is 10.2. The van der Waals surface area contributed by atoms with Crippen LogP contribution in [0.15, 0.2) is 18.5 Å². The van der Waals surface area contributed by atoms with E-state index in [1.165, 1.54) is 4.90 Å². The number of aryl methyl sites for hydroxylation is 1. The van der Waals surface area contributed by atoms with Crippen molar-refractivity contribution in [2.75, 3.05) is 23.4 Å². The predicted octanol–water partition coefficient (Wildman–Crippen LogP) is 1.42. The number of urea groups is 1. The zero-order valence-corrected chi connectivity index (χ0v) is 11.3. The molecule has 7 heteroatoms. The lowest BCUT2D eigenvalue weighted by Crippen LogP contribution is -2.51. The predicted molar refractivity (Wildman–Crippen MR) is 73.4 cm³/mol. The lowest BCUT2D eigenvalue weighted by molar-refractivity contribution is -0.141. The van der Waals surface area contributed by atoms with Crippen molar-refractivity contribution in [3.63, 3.8) is 0 Å². The van der Waals surface area contributed by atoms with E-state index in [-0.39, 0.29) is 6.03 Å². The molecule has 1 aliphatic heterocycles. The van der Waals surface area contributed by atoms with E-state index in [2.05, 4.69) is 10.3 Å². The largest absolute Gasteiger partial charge is 0.480 e. The van der Waals surface area contributed by atoms with Crippen molar-refractivity contribution in [3.05, 3.63) is 24.0 Å². The number of carbonyl (C=O) groups is 2. The van der Waals surface area contributed by atoms with E-state index in [4.69, 9.17) is 5.11 Å². The number of thioether (sulfide) groups is 1. The number of rotatable bonds is 2. The van der Waals surface area contributed by atoms with Crippen molar-refractivity contribution < 1.29 is 14.7 Å². The van der Waals surface area contributed by atoms with Gasteiger partial charge in [-0.2, -0.15) is 11.8 Å². The fourth-order valence-electron chi connectivity index (χ4n) is 1.83. The van der Waals surface area contributed by atoms with Crippen molar-refractivity contribution in [1.29, 1.82) is 0 Å². The second-order valence-corrected chi connectivity index (χ2v) is 5.39.